The molecule has 0 heterocycles. The maximum Gasteiger partial charge on any atom is 0.240 e. The summed E-state index contributed by atoms with van der Waals surface area (Å²) in [5.74, 6) is -0.296. The summed E-state index contributed by atoms with van der Waals surface area (Å²) >= 11 is 0. The summed E-state index contributed by atoms with van der Waals surface area (Å²) in [5.41, 5.74) is 11.5. The van der Waals surface area contributed by atoms with Gasteiger partial charge in [0.25, 0.3) is 0 Å². The number of hydrogen-bond acceptors (Lipinski definition) is 8. The molecule has 14 heteroatoms. The summed E-state index contributed by atoms with van der Waals surface area (Å²) in [7, 11) is -7.41. The van der Waals surface area contributed by atoms with Crippen molar-refractivity contribution in [3.63, 3.8) is 0 Å². The van der Waals surface area contributed by atoms with Crippen LogP contribution in [0.15, 0.2) is 58.3 Å². The zero-order valence-corrected chi connectivity index (χ0v) is 19.9. The Balaban J connectivity index is 1.58. The normalized spacial score (nSPS) is 11.9. The van der Waals surface area contributed by atoms with Gasteiger partial charge in [0.1, 0.15) is 11.7 Å². The number of benzene rings is 2. The Hall–Kier alpha value is -2.88. The van der Waals surface area contributed by atoms with Gasteiger partial charge in [-0.1, -0.05) is 0 Å². The summed E-state index contributed by atoms with van der Waals surface area (Å²) in [4.78, 5) is 0.108. The number of ether oxygens (including phenoxy) is 2. The first-order valence-corrected chi connectivity index (χ1v) is 13.0. The minimum absolute atomic E-state index is 0.0538. The first-order valence-electron chi connectivity index (χ1n) is 10.1. The first-order chi connectivity index (χ1) is 16.0. The average Bonchev–Trinajstić information content (AvgIpc) is 2.80. The molecule has 2 aromatic carbocycles. The van der Waals surface area contributed by atoms with E-state index in [4.69, 9.17) is 31.8 Å². The predicted octanol–water partition coefficient (Wildman–Crippen LogP) is -0.455. The predicted molar refractivity (Wildman–Crippen MR) is 127 cm³/mol. The molecule has 0 amide bonds. The fraction of sp³-hybridized carbons (Fsp3) is 0.300. The van der Waals surface area contributed by atoms with Gasteiger partial charge in [-0.2, -0.15) is 0 Å². The van der Waals surface area contributed by atoms with E-state index in [9.17, 15) is 16.8 Å². The van der Waals surface area contributed by atoms with Crippen LogP contribution in [0, 0.1) is 10.8 Å². The number of rotatable bonds is 15. The molecule has 0 aliphatic rings. The fourth-order valence-corrected chi connectivity index (χ4v) is 4.64. The summed E-state index contributed by atoms with van der Waals surface area (Å²) < 4.78 is 64.2. The molecule has 0 aliphatic carbocycles. The van der Waals surface area contributed by atoms with E-state index < -0.39 is 20.0 Å². The summed E-state index contributed by atoms with van der Waals surface area (Å²) in [5, 5.41) is 14.6. The van der Waals surface area contributed by atoms with E-state index in [0.717, 1.165) is 0 Å². The van der Waals surface area contributed by atoms with Crippen LogP contribution in [0.1, 0.15) is 11.1 Å². The van der Waals surface area contributed by atoms with Crippen LogP contribution in [0.3, 0.4) is 0 Å². The number of sulfonamides is 2. The average molecular weight is 513 g/mol. The smallest absolute Gasteiger partial charge is 0.240 e. The first kappa shape index (κ1) is 27.4. The van der Waals surface area contributed by atoms with Crippen LogP contribution in [0.5, 0.6) is 0 Å². The van der Waals surface area contributed by atoms with E-state index in [1.54, 1.807) is 0 Å². The Kier molecular flexibility index (Phi) is 10.1. The molecule has 0 radical (unpaired) electrons. The van der Waals surface area contributed by atoms with Crippen molar-refractivity contribution in [1.29, 1.82) is 10.8 Å². The van der Waals surface area contributed by atoms with Crippen LogP contribution in [-0.2, 0) is 29.5 Å². The van der Waals surface area contributed by atoms with Crippen molar-refractivity contribution >= 4 is 31.7 Å². The molecule has 0 aliphatic heterocycles. The molecule has 0 saturated heterocycles. The van der Waals surface area contributed by atoms with Gasteiger partial charge in [0.05, 0.1) is 36.2 Å². The lowest BCUT2D eigenvalue weighted by atomic mass is 10.2. The van der Waals surface area contributed by atoms with Gasteiger partial charge in [0, 0.05) is 24.2 Å². The second-order valence-corrected chi connectivity index (χ2v) is 10.4. The third-order valence-electron chi connectivity index (χ3n) is 4.40. The van der Waals surface area contributed by atoms with Gasteiger partial charge in [-0.25, -0.2) is 26.3 Å². The lowest BCUT2D eigenvalue weighted by Gasteiger charge is -2.09. The molecule has 0 aromatic heterocycles. The van der Waals surface area contributed by atoms with Crippen molar-refractivity contribution in [2.75, 3.05) is 39.5 Å². The molecular formula is C20H28N6O6S2. The summed E-state index contributed by atoms with van der Waals surface area (Å²) in [6.45, 7) is 0.759. The molecule has 8 N–H and O–H groups in total. The highest BCUT2D eigenvalue weighted by Crippen LogP contribution is 2.11. The van der Waals surface area contributed by atoms with Crippen LogP contribution in [-0.4, -0.2) is 68.0 Å². The topological polar surface area (TPSA) is 211 Å². The number of nitrogen functional groups attached to an aromatic ring is 2. The SMILES string of the molecule is N=C(N)c1ccc(S(=O)(=O)NCCOCCOCCNS(=O)(=O)c2ccc(C(=N)N)cc2)cc1. The van der Waals surface area contributed by atoms with E-state index in [1.165, 1.54) is 48.5 Å². The molecule has 0 spiro atoms. The van der Waals surface area contributed by atoms with Gasteiger partial charge in [0.2, 0.25) is 20.0 Å². The van der Waals surface area contributed by atoms with Gasteiger partial charge in [-0.15, -0.1) is 0 Å². The highest BCUT2D eigenvalue weighted by Gasteiger charge is 2.14. The Morgan fingerprint density at radius 1 is 0.647 bits per heavy atom. The Labute approximate surface area is 198 Å². The quantitative estimate of drug-likeness (QED) is 0.104. The standard InChI is InChI=1S/C20H28N6O6S2/c21-19(22)15-1-5-17(6-2-15)33(27,28)25-9-11-31-13-14-32-12-10-26-34(29,30)18-7-3-16(4-8-18)20(23)24/h1-8,25-26H,9-14H2,(H3,21,22)(H3,23,24). The Morgan fingerprint density at radius 3 is 1.26 bits per heavy atom. The molecule has 0 unspecified atom stereocenters. The molecule has 0 bridgehead atoms. The van der Waals surface area contributed by atoms with Crippen molar-refractivity contribution in [1.82, 2.24) is 9.44 Å². The lowest BCUT2D eigenvalue weighted by molar-refractivity contribution is 0.0522. The molecule has 2 rings (SSSR count). The monoisotopic (exact) mass is 512 g/mol. The molecule has 0 saturated carbocycles. The Morgan fingerprint density at radius 2 is 0.971 bits per heavy atom. The molecule has 186 valence electrons. The van der Waals surface area contributed by atoms with Gasteiger partial charge < -0.3 is 20.9 Å². The highest BCUT2D eigenvalue weighted by molar-refractivity contribution is 7.89. The zero-order valence-electron chi connectivity index (χ0n) is 18.3. The van der Waals surface area contributed by atoms with Crippen molar-refractivity contribution in [3.8, 4) is 0 Å². The van der Waals surface area contributed by atoms with E-state index in [-0.39, 0.29) is 61.0 Å². The zero-order chi connectivity index (χ0) is 25.2. The maximum atomic E-state index is 12.2. The van der Waals surface area contributed by atoms with Gasteiger partial charge in [-0.3, -0.25) is 10.8 Å². The van der Waals surface area contributed by atoms with E-state index in [0.29, 0.717) is 11.1 Å². The third kappa shape index (κ3) is 8.48. The van der Waals surface area contributed by atoms with Gasteiger partial charge in [-0.05, 0) is 48.5 Å². The summed E-state index contributed by atoms with van der Waals surface area (Å²) in [6, 6.07) is 11.3. The second-order valence-electron chi connectivity index (χ2n) is 6.90. The summed E-state index contributed by atoms with van der Waals surface area (Å²) in [6.07, 6.45) is 0. The molecule has 2 aromatic rings. The van der Waals surface area contributed by atoms with Crippen LogP contribution in [0.25, 0.3) is 0 Å². The van der Waals surface area contributed by atoms with E-state index >= 15 is 0 Å². The van der Waals surface area contributed by atoms with Crippen LogP contribution < -0.4 is 20.9 Å². The van der Waals surface area contributed by atoms with Crippen LogP contribution in [0.4, 0.5) is 0 Å². The second kappa shape index (κ2) is 12.5. The molecule has 0 atom stereocenters. The van der Waals surface area contributed by atoms with Crippen molar-refractivity contribution in [2.45, 2.75) is 9.79 Å². The largest absolute Gasteiger partial charge is 0.384 e. The van der Waals surface area contributed by atoms with Crippen molar-refractivity contribution in [3.05, 3.63) is 59.7 Å². The minimum Gasteiger partial charge on any atom is -0.384 e. The molecule has 0 fully saturated rings. The van der Waals surface area contributed by atoms with Gasteiger partial charge >= 0.3 is 0 Å². The van der Waals surface area contributed by atoms with Crippen molar-refractivity contribution < 1.29 is 26.3 Å². The third-order valence-corrected chi connectivity index (χ3v) is 7.35. The molecule has 34 heavy (non-hydrogen) atoms. The number of amidine groups is 2. The lowest BCUT2D eigenvalue weighted by Crippen LogP contribution is -2.29. The number of nitrogens with two attached hydrogens (primary N) is 2. The maximum absolute atomic E-state index is 12.2. The van der Waals surface area contributed by atoms with Gasteiger partial charge in [0.15, 0.2) is 0 Å². The number of hydrogen-bond donors (Lipinski definition) is 6. The highest BCUT2D eigenvalue weighted by atomic mass is 32.2. The van der Waals surface area contributed by atoms with E-state index in [1.807, 2.05) is 0 Å². The van der Waals surface area contributed by atoms with Crippen LogP contribution in [0.2, 0.25) is 0 Å². The number of nitrogens with one attached hydrogen (secondary N) is 4. The fourth-order valence-electron chi connectivity index (χ4n) is 2.61. The van der Waals surface area contributed by atoms with Crippen molar-refractivity contribution in [2.24, 2.45) is 11.5 Å². The minimum atomic E-state index is -3.71. The molecular weight excluding hydrogens is 484 g/mol. The Bertz CT molecular complexity index is 1090. The molecule has 12 nitrogen and oxygen atoms in total. The van der Waals surface area contributed by atoms with E-state index in [2.05, 4.69) is 9.44 Å². The van der Waals surface area contributed by atoms with Crippen LogP contribution >= 0.6 is 0 Å².